The molecule has 0 N–H and O–H groups in total. The quantitative estimate of drug-likeness (QED) is 0.252. The van der Waals surface area contributed by atoms with E-state index >= 15 is 0 Å². The van der Waals surface area contributed by atoms with Crippen LogP contribution in [-0.4, -0.2) is 32.3 Å². The number of nitrogens with zero attached hydrogens (tertiary/aromatic N) is 3. The van der Waals surface area contributed by atoms with Crippen LogP contribution in [0.15, 0.2) is 110 Å². The largest absolute Gasteiger partial charge is 3.00 e. The van der Waals surface area contributed by atoms with Crippen molar-refractivity contribution in [3.05, 3.63) is 110 Å². The third-order valence-electron chi connectivity index (χ3n) is 4.79. The number of aromatic nitrogens is 3. The first-order valence-corrected chi connectivity index (χ1v) is 10.2. The zero-order valence-electron chi connectivity index (χ0n) is 19.0. The van der Waals surface area contributed by atoms with Gasteiger partial charge in [-0.25, -0.2) is 0 Å². The molecule has 0 amide bonds. The minimum absolute atomic E-state index is 0. The fourth-order valence-electron chi connectivity index (χ4n) is 3.23. The second-order valence-electron chi connectivity index (χ2n) is 6.99. The topological polar surface area (TPSA) is 108 Å². The molecule has 0 fully saturated rings. The Labute approximate surface area is 242 Å². The van der Waals surface area contributed by atoms with E-state index in [1.165, 1.54) is 18.2 Å². The molecule has 6 nitrogen and oxygen atoms in total. The van der Waals surface area contributed by atoms with Crippen LogP contribution >= 0.6 is 0 Å². The Balaban J connectivity index is 0.000000259. The third kappa shape index (κ3) is 7.73. The van der Waals surface area contributed by atoms with Gasteiger partial charge >= 0.3 is 53.9 Å². The minimum atomic E-state index is -0.0110. The Kier molecular flexibility index (Phi) is 13.1. The van der Waals surface area contributed by atoms with E-state index in [9.17, 15) is 15.3 Å². The molecule has 0 aliphatic carbocycles. The van der Waals surface area contributed by atoms with Gasteiger partial charge < -0.3 is 15.3 Å². The summed E-state index contributed by atoms with van der Waals surface area (Å²) in [4.78, 5) is 11.9. The summed E-state index contributed by atoms with van der Waals surface area (Å²) < 4.78 is 0. The van der Waals surface area contributed by atoms with Crippen LogP contribution in [0, 0.1) is 0 Å². The Morgan fingerprint density at radius 1 is 0.417 bits per heavy atom. The summed E-state index contributed by atoms with van der Waals surface area (Å²) in [5.74, 6) is -0.0331. The molecule has 3 aromatic heterocycles. The molecule has 0 saturated carbocycles. The number of hydrogen-bond acceptors (Lipinski definition) is 6. The van der Waals surface area contributed by atoms with E-state index < -0.39 is 0 Å². The monoisotopic (exact) mass is 586 g/mol. The van der Waals surface area contributed by atoms with Crippen LogP contribution in [0.25, 0.3) is 32.7 Å². The minimum Gasteiger partial charge on any atom is -0.871 e. The molecule has 0 bridgehead atoms. The average molecular weight is 588 g/mol. The van der Waals surface area contributed by atoms with Crippen LogP contribution in [0.5, 0.6) is 17.2 Å². The zero-order valence-corrected chi connectivity index (χ0v) is 24.1. The van der Waals surface area contributed by atoms with Gasteiger partial charge in [-0.3, -0.25) is 15.0 Å². The van der Waals surface area contributed by atoms with Crippen molar-refractivity contribution in [1.29, 1.82) is 0 Å². The van der Waals surface area contributed by atoms with Gasteiger partial charge in [0, 0.05) is 18.6 Å². The van der Waals surface area contributed by atoms with Crippen LogP contribution in [-0.2, 0) is 36.5 Å². The molecule has 9 heteroatoms. The smallest absolute Gasteiger partial charge is 0.871 e. The summed E-state index contributed by atoms with van der Waals surface area (Å²) in [6.45, 7) is 0. The van der Waals surface area contributed by atoms with Gasteiger partial charge in [0.15, 0.2) is 0 Å². The summed E-state index contributed by atoms with van der Waals surface area (Å²) in [5, 5.41) is 36.1. The van der Waals surface area contributed by atoms with Crippen molar-refractivity contribution in [2.24, 2.45) is 0 Å². The Morgan fingerprint density at radius 2 is 0.667 bits per heavy atom. The molecule has 171 valence electrons. The van der Waals surface area contributed by atoms with Crippen molar-refractivity contribution in [1.82, 2.24) is 15.0 Å². The van der Waals surface area contributed by atoms with E-state index in [2.05, 4.69) is 15.0 Å². The first kappa shape index (κ1) is 31.0. The van der Waals surface area contributed by atoms with Crippen molar-refractivity contribution in [2.75, 3.05) is 0 Å². The summed E-state index contributed by atoms with van der Waals surface area (Å²) in [5.41, 5.74) is 1.65. The molecule has 36 heavy (non-hydrogen) atoms. The van der Waals surface area contributed by atoms with E-state index in [0.717, 1.165) is 16.2 Å². The third-order valence-corrected chi connectivity index (χ3v) is 4.79. The molecule has 0 saturated heterocycles. The van der Waals surface area contributed by atoms with E-state index in [1.807, 2.05) is 54.6 Å². The van der Waals surface area contributed by atoms with Crippen molar-refractivity contribution in [3.63, 3.8) is 0 Å². The molecule has 1 radical (unpaired) electrons. The second kappa shape index (κ2) is 15.2. The van der Waals surface area contributed by atoms with Gasteiger partial charge in [0.05, 0.1) is 16.6 Å². The first-order valence-electron chi connectivity index (χ1n) is 10.2. The summed E-state index contributed by atoms with van der Waals surface area (Å²) >= 11 is 0. The number of para-hydroxylation sites is 3. The fourth-order valence-corrected chi connectivity index (χ4v) is 3.23. The van der Waals surface area contributed by atoms with Crippen molar-refractivity contribution >= 4 is 50.1 Å². The molecule has 3 heterocycles. The number of hydrogen-bond donors (Lipinski definition) is 0. The van der Waals surface area contributed by atoms with Crippen LogP contribution in [0.4, 0.5) is 0 Å². The second-order valence-corrected chi connectivity index (χ2v) is 6.99. The van der Waals surface area contributed by atoms with Gasteiger partial charge in [-0.05, 0) is 34.4 Å². The fraction of sp³-hybridized carbons (Fsp3) is 0. The van der Waals surface area contributed by atoms with Crippen molar-refractivity contribution < 1.29 is 51.9 Å². The maximum Gasteiger partial charge on any atom is 3.00 e. The molecule has 0 spiro atoms. The molecule has 3 aromatic carbocycles. The Hall–Kier alpha value is -3.03. The molecule has 6 rings (SSSR count). The summed E-state index contributed by atoms with van der Waals surface area (Å²) in [6.07, 6.45) is 4.89. The van der Waals surface area contributed by atoms with Crippen LogP contribution in [0.2, 0.25) is 0 Å². The van der Waals surface area contributed by atoms with Crippen LogP contribution in [0.1, 0.15) is 0 Å². The molecule has 0 atom stereocenters. The summed E-state index contributed by atoms with van der Waals surface area (Å²) in [7, 11) is 0. The van der Waals surface area contributed by atoms with Crippen molar-refractivity contribution in [3.8, 4) is 17.2 Å². The molecule has 6 aromatic rings. The molecule has 0 aliphatic heterocycles. The predicted molar refractivity (Wildman–Crippen MR) is 129 cm³/mol. The van der Waals surface area contributed by atoms with Gasteiger partial charge in [0.1, 0.15) is 0 Å². The van der Waals surface area contributed by atoms with E-state index in [0.29, 0.717) is 16.6 Å². The Morgan fingerprint density at radius 3 is 0.917 bits per heavy atom. The SMILES string of the molecule is [Al+3].[Cu+2].[O-]c1cccc2cccnc12.[O-]c1cccc2cccnc12.[O-]c1cccc2cccnc12.[Zn+2]. The normalized spacial score (nSPS) is 9.33. The van der Waals surface area contributed by atoms with Gasteiger partial charge in [-0.2, -0.15) is 0 Å². The zero-order chi connectivity index (χ0) is 23.0. The molecular weight excluding hydrogens is 570 g/mol. The number of rotatable bonds is 0. The van der Waals surface area contributed by atoms with E-state index in [-0.39, 0.29) is 71.2 Å². The maximum absolute atomic E-state index is 11.1. The van der Waals surface area contributed by atoms with Gasteiger partial charge in [0.2, 0.25) is 0 Å². The molecular formula is C27H18AlCuN3O3Zn+4. The number of pyridine rings is 3. The van der Waals surface area contributed by atoms with E-state index in [1.54, 1.807) is 36.8 Å². The summed E-state index contributed by atoms with van der Waals surface area (Å²) in [6, 6.07) is 26.5. The van der Waals surface area contributed by atoms with Gasteiger partial charge in [-0.1, -0.05) is 90.0 Å². The van der Waals surface area contributed by atoms with E-state index in [4.69, 9.17) is 0 Å². The number of benzene rings is 3. The standard InChI is InChI=1S/3C9H7NO.Al.Cu.Zn/c3*11-8-5-1-3-7-4-2-6-10-9(7)8;;;/h3*1-6,11H;;;/q;;;+3;2*+2/p-3. The number of fused-ring (bicyclic) bond motifs is 3. The average Bonchev–Trinajstić information content (AvgIpc) is 2.86. The van der Waals surface area contributed by atoms with Gasteiger partial charge in [0.25, 0.3) is 0 Å². The molecule has 0 unspecified atom stereocenters. The van der Waals surface area contributed by atoms with Crippen LogP contribution < -0.4 is 15.3 Å². The Bertz CT molecular complexity index is 1340. The van der Waals surface area contributed by atoms with Gasteiger partial charge in [-0.15, -0.1) is 0 Å². The van der Waals surface area contributed by atoms with Crippen molar-refractivity contribution in [2.45, 2.75) is 0 Å². The first-order chi connectivity index (χ1) is 16.1. The molecule has 0 aliphatic rings. The maximum atomic E-state index is 11.1. The van der Waals surface area contributed by atoms with Crippen LogP contribution in [0.3, 0.4) is 0 Å². The predicted octanol–water partition coefficient (Wildman–Crippen LogP) is 3.54.